The number of pyridine rings is 1. The van der Waals surface area contributed by atoms with E-state index in [1.165, 1.54) is 23.8 Å². The highest BCUT2D eigenvalue weighted by molar-refractivity contribution is 6.34. The first kappa shape index (κ1) is 33.3. The lowest BCUT2D eigenvalue weighted by Gasteiger charge is -2.39. The normalized spacial score (nSPS) is 20.2. The molecule has 3 aliphatic heterocycles. The number of carbonyl (C=O) groups excluding carboxylic acids is 3. The van der Waals surface area contributed by atoms with E-state index in [9.17, 15) is 40.7 Å². The van der Waals surface area contributed by atoms with Crippen LogP contribution >= 0.6 is 11.6 Å². The van der Waals surface area contributed by atoms with Gasteiger partial charge in [0.25, 0.3) is 0 Å². The van der Waals surface area contributed by atoms with Crippen LogP contribution in [0, 0.1) is 12.8 Å². The Balaban J connectivity index is 1.33. The molecule has 0 bridgehead atoms. The SMILES string of the molecule is Cc1cc(C(F)(F)F)cc(N2C(=O)C[C@@H]3CN(Cc4cn5c(n4)CN(C(=O)/C=C/C(F)(F)F)CC5)c4c(Cl)cccc4N(C)C(=O)[C@H]32)n1. The van der Waals surface area contributed by atoms with E-state index in [1.807, 2.05) is 4.90 Å². The minimum absolute atomic E-state index is 0.0207. The number of nitrogens with zero attached hydrogens (tertiary/aromatic N) is 7. The van der Waals surface area contributed by atoms with Crippen LogP contribution in [-0.2, 0) is 40.2 Å². The summed E-state index contributed by atoms with van der Waals surface area (Å²) in [5.41, 5.74) is 0.440. The van der Waals surface area contributed by atoms with Gasteiger partial charge in [0, 0.05) is 63.1 Å². The van der Waals surface area contributed by atoms with Crippen molar-refractivity contribution in [2.75, 3.05) is 34.8 Å². The molecule has 0 aliphatic carbocycles. The van der Waals surface area contributed by atoms with Gasteiger partial charge in [0.15, 0.2) is 0 Å². The van der Waals surface area contributed by atoms with Gasteiger partial charge in [-0.1, -0.05) is 17.7 Å². The molecule has 10 nitrogen and oxygen atoms in total. The number of benzene rings is 1. The number of halogens is 7. The highest BCUT2D eigenvalue weighted by Gasteiger charge is 2.49. The fourth-order valence-corrected chi connectivity index (χ4v) is 6.74. The van der Waals surface area contributed by atoms with Crippen LogP contribution in [0.1, 0.15) is 29.2 Å². The van der Waals surface area contributed by atoms with Crippen LogP contribution in [0.3, 0.4) is 0 Å². The molecule has 3 amide bonds. The molecule has 1 fully saturated rings. The zero-order valence-corrected chi connectivity index (χ0v) is 26.3. The molecular formula is C31H28ClF6N7O3. The molecule has 0 unspecified atom stereocenters. The summed E-state index contributed by atoms with van der Waals surface area (Å²) in [6.45, 7) is 2.03. The Kier molecular flexibility index (Phi) is 8.42. The van der Waals surface area contributed by atoms with E-state index < -0.39 is 47.6 Å². The van der Waals surface area contributed by atoms with Crippen LogP contribution in [-0.4, -0.2) is 69.5 Å². The van der Waals surface area contributed by atoms with Crippen molar-refractivity contribution in [3.05, 3.63) is 76.5 Å². The van der Waals surface area contributed by atoms with Gasteiger partial charge in [0.1, 0.15) is 17.7 Å². The second kappa shape index (κ2) is 12.1. The number of aryl methyl sites for hydroxylation is 1. The third-order valence-electron chi connectivity index (χ3n) is 8.56. The van der Waals surface area contributed by atoms with Gasteiger partial charge in [-0.15, -0.1) is 0 Å². The Morgan fingerprint density at radius 1 is 1.08 bits per heavy atom. The van der Waals surface area contributed by atoms with E-state index in [1.54, 1.807) is 29.0 Å². The van der Waals surface area contributed by atoms with Gasteiger partial charge >= 0.3 is 12.4 Å². The molecule has 0 radical (unpaired) electrons. The largest absolute Gasteiger partial charge is 0.416 e. The van der Waals surface area contributed by atoms with Crippen molar-refractivity contribution in [3.8, 4) is 0 Å². The van der Waals surface area contributed by atoms with Gasteiger partial charge in [-0.2, -0.15) is 26.3 Å². The first-order valence-electron chi connectivity index (χ1n) is 14.8. The Bertz CT molecular complexity index is 1820. The van der Waals surface area contributed by atoms with E-state index in [-0.39, 0.29) is 50.2 Å². The van der Waals surface area contributed by atoms with E-state index in [4.69, 9.17) is 11.6 Å². The molecule has 17 heteroatoms. The lowest BCUT2D eigenvalue weighted by Crippen LogP contribution is -2.52. The average molecular weight is 696 g/mol. The topological polar surface area (TPSA) is 94.9 Å². The summed E-state index contributed by atoms with van der Waals surface area (Å²) in [5, 5.41) is 0.305. The maximum Gasteiger partial charge on any atom is 0.416 e. The number of aromatic nitrogens is 3. The van der Waals surface area contributed by atoms with E-state index >= 15 is 0 Å². The zero-order valence-electron chi connectivity index (χ0n) is 25.5. The van der Waals surface area contributed by atoms with Crippen molar-refractivity contribution >= 4 is 46.5 Å². The molecule has 2 aromatic heterocycles. The molecule has 1 aromatic carbocycles. The molecular weight excluding hydrogens is 668 g/mol. The number of amides is 3. The molecule has 1 saturated heterocycles. The summed E-state index contributed by atoms with van der Waals surface area (Å²) in [7, 11) is 1.50. The number of para-hydroxylation sites is 1. The second-order valence-electron chi connectivity index (χ2n) is 11.9. The fraction of sp³-hybridized carbons (Fsp3) is 0.387. The van der Waals surface area contributed by atoms with Crippen LogP contribution in [0.4, 0.5) is 43.5 Å². The van der Waals surface area contributed by atoms with Crippen molar-refractivity contribution in [1.29, 1.82) is 0 Å². The van der Waals surface area contributed by atoms with Crippen molar-refractivity contribution in [1.82, 2.24) is 19.4 Å². The minimum Gasteiger partial charge on any atom is -0.362 e. The van der Waals surface area contributed by atoms with Crippen LogP contribution in [0.15, 0.2) is 48.7 Å². The molecule has 48 heavy (non-hydrogen) atoms. The summed E-state index contributed by atoms with van der Waals surface area (Å²) in [4.78, 5) is 54.2. The summed E-state index contributed by atoms with van der Waals surface area (Å²) in [6.07, 6.45) is -7.35. The average Bonchev–Trinajstić information content (AvgIpc) is 3.55. The highest BCUT2D eigenvalue weighted by atomic mass is 35.5. The van der Waals surface area contributed by atoms with Crippen molar-refractivity contribution < 1.29 is 40.7 Å². The monoisotopic (exact) mass is 695 g/mol. The smallest absolute Gasteiger partial charge is 0.362 e. The van der Waals surface area contributed by atoms with Crippen molar-refractivity contribution in [2.24, 2.45) is 5.92 Å². The molecule has 0 N–H and O–H groups in total. The van der Waals surface area contributed by atoms with Crippen molar-refractivity contribution in [2.45, 2.75) is 51.4 Å². The van der Waals surface area contributed by atoms with Crippen LogP contribution < -0.4 is 14.7 Å². The first-order chi connectivity index (χ1) is 22.5. The number of hydrogen-bond acceptors (Lipinski definition) is 6. The molecule has 0 spiro atoms. The number of carbonyl (C=O) groups is 3. The Morgan fingerprint density at radius 3 is 2.54 bits per heavy atom. The number of alkyl halides is 6. The summed E-state index contributed by atoms with van der Waals surface area (Å²) >= 11 is 6.70. The Morgan fingerprint density at radius 2 is 1.83 bits per heavy atom. The number of rotatable bonds is 4. The molecule has 254 valence electrons. The van der Waals surface area contributed by atoms with E-state index in [0.29, 0.717) is 40.5 Å². The molecule has 0 saturated carbocycles. The Hall–Kier alpha value is -4.60. The molecule has 3 aliphatic rings. The number of likely N-dealkylation sites (N-methyl/N-ethyl adjacent to an activating group) is 1. The molecule has 3 aromatic rings. The van der Waals surface area contributed by atoms with Gasteiger partial charge in [0.05, 0.1) is 40.7 Å². The number of allylic oxidation sites excluding steroid dienone is 1. The molecule has 6 rings (SSSR count). The predicted molar refractivity (Wildman–Crippen MR) is 162 cm³/mol. The highest BCUT2D eigenvalue weighted by Crippen LogP contribution is 2.43. The van der Waals surface area contributed by atoms with Gasteiger partial charge in [-0.25, -0.2) is 9.97 Å². The van der Waals surface area contributed by atoms with E-state index in [2.05, 4.69) is 9.97 Å². The predicted octanol–water partition coefficient (Wildman–Crippen LogP) is 5.12. The lowest BCUT2D eigenvalue weighted by atomic mass is 9.95. The van der Waals surface area contributed by atoms with Crippen LogP contribution in [0.5, 0.6) is 0 Å². The summed E-state index contributed by atoms with van der Waals surface area (Å²) < 4.78 is 80.7. The maximum absolute atomic E-state index is 14.0. The summed E-state index contributed by atoms with van der Waals surface area (Å²) in [6, 6.07) is 5.41. The third kappa shape index (κ3) is 6.44. The van der Waals surface area contributed by atoms with Gasteiger partial charge < -0.3 is 19.3 Å². The maximum atomic E-state index is 14.0. The number of hydrogen-bond donors (Lipinski definition) is 0. The standard InChI is InChI=1S/C31H28ClF6N7O3/c1-17-10-19(31(36,37)38)12-23(39-17)45-26(47)11-18-13-44(28-21(32)4-3-5-22(28)41(2)29(48)27(18)45)15-20-14-42-8-9-43(16-24(42)40-20)25(46)6-7-30(33,34)35/h3-7,10,12,14,18,27H,8-9,11,13,15-16H2,1-2H3/b7-6+/t18-,27+/m1/s1. The van der Waals surface area contributed by atoms with E-state index in [0.717, 1.165) is 17.0 Å². The van der Waals surface area contributed by atoms with Gasteiger partial charge in [-0.05, 0) is 31.2 Å². The van der Waals surface area contributed by atoms with Crippen LogP contribution in [0.25, 0.3) is 0 Å². The molecule has 2 atom stereocenters. The number of anilines is 3. The van der Waals surface area contributed by atoms with Gasteiger partial charge in [-0.3, -0.25) is 19.3 Å². The number of fused-ring (bicyclic) bond motifs is 3. The van der Waals surface area contributed by atoms with Gasteiger partial charge in [0.2, 0.25) is 17.7 Å². The fourth-order valence-electron chi connectivity index (χ4n) is 6.45. The minimum atomic E-state index is -4.70. The lowest BCUT2D eigenvalue weighted by molar-refractivity contribution is -0.137. The first-order valence-corrected chi connectivity index (χ1v) is 15.2. The Labute approximate surface area is 275 Å². The quantitative estimate of drug-likeness (QED) is 0.278. The van der Waals surface area contributed by atoms with Crippen molar-refractivity contribution in [3.63, 3.8) is 0 Å². The third-order valence-corrected chi connectivity index (χ3v) is 8.86. The summed E-state index contributed by atoms with van der Waals surface area (Å²) in [5.74, 6) is -2.38. The zero-order chi connectivity index (χ0) is 34.7. The van der Waals surface area contributed by atoms with Crippen LogP contribution in [0.2, 0.25) is 5.02 Å². The second-order valence-corrected chi connectivity index (χ2v) is 12.3. The molecule has 5 heterocycles. The number of imidazole rings is 1.